The van der Waals surface area contributed by atoms with Crippen LogP contribution in [0.1, 0.15) is 0 Å². The van der Waals surface area contributed by atoms with Crippen molar-refractivity contribution < 1.29 is 22.4 Å². The van der Waals surface area contributed by atoms with Gasteiger partial charge in [0.1, 0.15) is 5.58 Å². The zero-order valence-electron chi connectivity index (χ0n) is 10.3. The van der Waals surface area contributed by atoms with Crippen LogP contribution in [0, 0.1) is 0 Å². The van der Waals surface area contributed by atoms with Crippen LogP contribution < -0.4 is 11.3 Å². The molecule has 3 aromatic rings. The summed E-state index contributed by atoms with van der Waals surface area (Å²) in [4.78, 5) is 14.1. The normalized spacial score (nSPS) is 13.2. The molecule has 0 aliphatic rings. The second-order valence-electron chi connectivity index (χ2n) is 4.21. The van der Waals surface area contributed by atoms with E-state index in [9.17, 15) is 18.0 Å². The van der Waals surface area contributed by atoms with Crippen molar-refractivity contribution in [2.24, 2.45) is 4.99 Å². The highest BCUT2D eigenvalue weighted by atomic mass is 32.1. The van der Waals surface area contributed by atoms with Gasteiger partial charge in [-0.3, -0.25) is 4.79 Å². The Morgan fingerprint density at radius 1 is 1.24 bits per heavy atom. The molecule has 0 aliphatic heterocycles. The van der Waals surface area contributed by atoms with E-state index in [1.165, 1.54) is 0 Å². The Hall–Kier alpha value is -2.35. The number of nitrogens with two attached hydrogens (primary N) is 1. The number of benzene rings is 1. The first kappa shape index (κ1) is 13.6. The maximum absolute atomic E-state index is 12.4. The number of fused-ring (bicyclic) bond motifs is 3. The van der Waals surface area contributed by atoms with Crippen LogP contribution in [0.4, 0.5) is 18.2 Å². The molecule has 0 bridgehead atoms. The third kappa shape index (κ3) is 2.27. The van der Waals surface area contributed by atoms with Gasteiger partial charge in [-0.2, -0.15) is 18.2 Å². The molecule has 0 saturated heterocycles. The number of carbonyl (C=O) groups excluding carboxylic acids is 1. The number of nitrogens with zero attached hydrogens (tertiary/aromatic N) is 1. The average Bonchev–Trinajstić information content (AvgIpc) is 2.81. The number of alkyl halides is 3. The predicted molar refractivity (Wildman–Crippen MR) is 72.6 cm³/mol. The van der Waals surface area contributed by atoms with Crippen LogP contribution in [0.2, 0.25) is 0 Å². The minimum Gasteiger partial charge on any atom is -0.437 e. The van der Waals surface area contributed by atoms with E-state index in [1.54, 1.807) is 29.6 Å². The Bertz CT molecular complexity index is 924. The molecule has 2 aromatic heterocycles. The number of anilines is 1. The molecule has 1 aromatic carbocycles. The quantitative estimate of drug-likeness (QED) is 0.693. The summed E-state index contributed by atoms with van der Waals surface area (Å²) < 4.78 is 42.4. The van der Waals surface area contributed by atoms with Crippen LogP contribution in [0.5, 0.6) is 0 Å². The van der Waals surface area contributed by atoms with Crippen molar-refractivity contribution in [2.45, 2.75) is 6.18 Å². The molecule has 0 spiro atoms. The molecule has 0 unspecified atom stereocenters. The molecule has 0 fully saturated rings. The predicted octanol–water partition coefficient (Wildman–Crippen LogP) is 3.22. The monoisotopic (exact) mass is 312 g/mol. The van der Waals surface area contributed by atoms with Gasteiger partial charge in [-0.05, 0) is 6.07 Å². The van der Waals surface area contributed by atoms with E-state index >= 15 is 0 Å². The van der Waals surface area contributed by atoms with Crippen LogP contribution in [-0.2, 0) is 4.79 Å². The second kappa shape index (κ2) is 4.59. The lowest BCUT2D eigenvalue weighted by Crippen LogP contribution is -2.23. The van der Waals surface area contributed by atoms with Crippen molar-refractivity contribution in [1.82, 2.24) is 0 Å². The number of para-hydroxylation sites is 1. The third-order valence-corrected chi connectivity index (χ3v) is 3.67. The molecule has 0 atom stereocenters. The third-order valence-electron chi connectivity index (χ3n) is 2.86. The number of rotatable bonds is 0. The van der Waals surface area contributed by atoms with Gasteiger partial charge in [-0.1, -0.05) is 18.2 Å². The Morgan fingerprint density at radius 3 is 2.67 bits per heavy atom. The highest BCUT2D eigenvalue weighted by molar-refractivity contribution is 7.16. The molecular weight excluding hydrogens is 305 g/mol. The van der Waals surface area contributed by atoms with Crippen molar-refractivity contribution in [3.05, 3.63) is 35.2 Å². The number of nitrogen functional groups attached to an aromatic ring is 1. The fraction of sp³-hybridized carbons (Fsp3) is 0.0769. The molecule has 1 amide bonds. The van der Waals surface area contributed by atoms with E-state index in [1.807, 2.05) is 0 Å². The summed E-state index contributed by atoms with van der Waals surface area (Å²) in [6.45, 7) is 0. The average molecular weight is 312 g/mol. The molecule has 2 heterocycles. The summed E-state index contributed by atoms with van der Waals surface area (Å²) in [5, 5.41) is 3.45. The molecule has 0 radical (unpaired) electrons. The Morgan fingerprint density at radius 2 is 1.95 bits per heavy atom. The summed E-state index contributed by atoms with van der Waals surface area (Å²) in [5.41, 5.74) is 5.66. The van der Waals surface area contributed by atoms with Crippen molar-refractivity contribution in [1.29, 1.82) is 0 Å². The van der Waals surface area contributed by atoms with E-state index in [2.05, 4.69) is 4.99 Å². The fourth-order valence-electron chi connectivity index (χ4n) is 1.96. The van der Waals surface area contributed by atoms with Gasteiger partial charge in [0.15, 0.2) is 0 Å². The second-order valence-corrected chi connectivity index (χ2v) is 5.12. The lowest BCUT2D eigenvalue weighted by Gasteiger charge is -2.02. The van der Waals surface area contributed by atoms with Crippen LogP contribution in [0.3, 0.4) is 0 Å². The van der Waals surface area contributed by atoms with Gasteiger partial charge < -0.3 is 10.2 Å². The maximum Gasteiger partial charge on any atom is 0.473 e. The van der Waals surface area contributed by atoms with Gasteiger partial charge in [-0.25, -0.2) is 0 Å². The van der Waals surface area contributed by atoms with E-state index in [0.717, 1.165) is 11.3 Å². The van der Waals surface area contributed by atoms with Gasteiger partial charge in [0.2, 0.25) is 5.55 Å². The first-order valence-electron chi connectivity index (χ1n) is 5.72. The first-order chi connectivity index (χ1) is 9.88. The minimum atomic E-state index is -5.06. The van der Waals surface area contributed by atoms with Gasteiger partial charge in [0.05, 0.1) is 10.4 Å². The number of carbonyl (C=O) groups is 1. The van der Waals surface area contributed by atoms with Gasteiger partial charge >= 0.3 is 12.1 Å². The maximum atomic E-state index is 12.4. The number of hydrogen-bond donors (Lipinski definition) is 1. The van der Waals surface area contributed by atoms with Crippen LogP contribution >= 0.6 is 11.3 Å². The zero-order chi connectivity index (χ0) is 15.2. The molecule has 21 heavy (non-hydrogen) atoms. The largest absolute Gasteiger partial charge is 0.473 e. The Balaban J connectivity index is 2.43. The first-order valence-corrected chi connectivity index (χ1v) is 6.60. The van der Waals surface area contributed by atoms with Gasteiger partial charge in [0, 0.05) is 16.2 Å². The SMILES string of the molecule is Nc1scc2c1c(=NC(=O)C(F)(F)F)oc1ccccc12. The van der Waals surface area contributed by atoms with Crippen LogP contribution in [0.15, 0.2) is 39.1 Å². The van der Waals surface area contributed by atoms with Crippen LogP contribution in [0.25, 0.3) is 21.7 Å². The lowest BCUT2D eigenvalue weighted by molar-refractivity contribution is -0.169. The van der Waals surface area contributed by atoms with E-state index < -0.39 is 17.6 Å². The molecule has 4 nitrogen and oxygen atoms in total. The summed E-state index contributed by atoms with van der Waals surface area (Å²) in [6, 6.07) is 6.77. The number of halogens is 3. The summed E-state index contributed by atoms with van der Waals surface area (Å²) >= 11 is 1.15. The molecular formula is C13H7F3N2O2S. The van der Waals surface area contributed by atoms with Gasteiger partial charge in [0.25, 0.3) is 0 Å². The summed E-state index contributed by atoms with van der Waals surface area (Å²) in [6.07, 6.45) is -5.06. The van der Waals surface area contributed by atoms with Crippen molar-refractivity contribution in [3.63, 3.8) is 0 Å². The van der Waals surface area contributed by atoms with Crippen molar-refractivity contribution in [2.75, 3.05) is 5.73 Å². The van der Waals surface area contributed by atoms with E-state index in [-0.39, 0.29) is 10.4 Å². The van der Waals surface area contributed by atoms with E-state index in [4.69, 9.17) is 10.2 Å². The molecule has 2 N–H and O–H groups in total. The number of thiophene rings is 1. The highest BCUT2D eigenvalue weighted by Crippen LogP contribution is 2.31. The van der Waals surface area contributed by atoms with Crippen molar-refractivity contribution in [3.8, 4) is 0 Å². The Labute approximate surface area is 119 Å². The van der Waals surface area contributed by atoms with Crippen LogP contribution in [-0.4, -0.2) is 12.1 Å². The smallest absolute Gasteiger partial charge is 0.437 e. The fourth-order valence-corrected chi connectivity index (χ4v) is 2.76. The molecule has 3 rings (SSSR count). The number of hydrogen-bond acceptors (Lipinski definition) is 4. The lowest BCUT2D eigenvalue weighted by atomic mass is 10.1. The topological polar surface area (TPSA) is 68.6 Å². The molecule has 0 saturated carbocycles. The number of amides is 1. The summed E-state index contributed by atoms with van der Waals surface area (Å²) in [7, 11) is 0. The standard InChI is InChI=1S/C13H7F3N2O2S/c14-13(15,16)12(19)18-11-9-7(5-21-10(9)17)6-3-1-2-4-8(6)20-11/h1-5H,17H2. The minimum absolute atomic E-state index is 0.219. The summed E-state index contributed by atoms with van der Waals surface area (Å²) in [5.74, 6) is -2.23. The highest BCUT2D eigenvalue weighted by Gasteiger charge is 2.38. The van der Waals surface area contributed by atoms with E-state index in [0.29, 0.717) is 16.4 Å². The Kier molecular flexibility index (Phi) is 2.98. The molecule has 0 aliphatic carbocycles. The van der Waals surface area contributed by atoms with Gasteiger partial charge in [-0.15, -0.1) is 11.3 Å². The van der Waals surface area contributed by atoms with Crippen molar-refractivity contribution >= 4 is 44.0 Å². The molecule has 8 heteroatoms. The molecule has 108 valence electrons. The zero-order valence-corrected chi connectivity index (χ0v) is 11.1.